The zero-order valence-corrected chi connectivity index (χ0v) is 15.2. The van der Waals surface area contributed by atoms with Gasteiger partial charge in [0.05, 0.1) is 0 Å². The molecule has 0 amide bonds. The topological polar surface area (TPSA) is 49.3 Å². The minimum Gasteiger partial charge on any atom is -0.357 e. The largest absolute Gasteiger partial charge is 0.357 e. The Kier molecular flexibility index (Phi) is 9.16. The quantitative estimate of drug-likeness (QED) is 0.395. The standard InChI is InChI=1S/C21H30N4/c1-2-22-21(25-18-15-20-14-8-10-16-23-20)24-17-9-4-7-13-19-11-5-3-6-12-19/h3,5-6,8,10-12,14,16H,2,4,7,9,13,15,17-18H2,1H3,(H2,22,24,25). The molecule has 0 aliphatic rings. The van der Waals surface area contributed by atoms with E-state index in [0.717, 1.165) is 50.6 Å². The molecule has 2 N–H and O–H groups in total. The third-order valence-electron chi connectivity index (χ3n) is 3.98. The van der Waals surface area contributed by atoms with Crippen molar-refractivity contribution in [2.45, 2.75) is 39.0 Å². The van der Waals surface area contributed by atoms with Gasteiger partial charge in [-0.15, -0.1) is 0 Å². The van der Waals surface area contributed by atoms with E-state index in [1.807, 2.05) is 18.3 Å². The molecule has 134 valence electrons. The van der Waals surface area contributed by atoms with Gasteiger partial charge in [-0.2, -0.15) is 0 Å². The molecule has 1 aromatic carbocycles. The van der Waals surface area contributed by atoms with Crippen molar-refractivity contribution in [3.63, 3.8) is 0 Å². The van der Waals surface area contributed by atoms with Gasteiger partial charge in [-0.1, -0.05) is 42.8 Å². The molecule has 0 atom stereocenters. The average Bonchev–Trinajstić information content (AvgIpc) is 2.66. The first-order valence-electron chi connectivity index (χ1n) is 9.34. The number of unbranched alkanes of at least 4 members (excludes halogenated alkanes) is 2. The van der Waals surface area contributed by atoms with Crippen molar-refractivity contribution < 1.29 is 0 Å². The molecule has 0 radical (unpaired) electrons. The molecule has 1 heterocycles. The minimum absolute atomic E-state index is 0.844. The molecule has 4 heteroatoms. The van der Waals surface area contributed by atoms with E-state index >= 15 is 0 Å². The van der Waals surface area contributed by atoms with E-state index in [0.29, 0.717) is 0 Å². The number of benzene rings is 1. The normalized spacial score (nSPS) is 11.3. The van der Waals surface area contributed by atoms with Gasteiger partial charge < -0.3 is 10.6 Å². The number of aliphatic imine (C=N–C) groups is 1. The van der Waals surface area contributed by atoms with Gasteiger partial charge in [0.15, 0.2) is 5.96 Å². The van der Waals surface area contributed by atoms with Gasteiger partial charge >= 0.3 is 0 Å². The summed E-state index contributed by atoms with van der Waals surface area (Å²) in [6.45, 7) is 4.68. The summed E-state index contributed by atoms with van der Waals surface area (Å²) in [5.74, 6) is 0.904. The van der Waals surface area contributed by atoms with Gasteiger partial charge in [0.25, 0.3) is 0 Å². The molecule has 0 saturated heterocycles. The number of aryl methyl sites for hydroxylation is 1. The van der Waals surface area contributed by atoms with Gasteiger partial charge in [0, 0.05) is 37.9 Å². The number of nitrogens with one attached hydrogen (secondary N) is 2. The second-order valence-corrected chi connectivity index (χ2v) is 6.05. The Labute approximate surface area is 151 Å². The first kappa shape index (κ1) is 19.0. The van der Waals surface area contributed by atoms with E-state index < -0.39 is 0 Å². The summed E-state index contributed by atoms with van der Waals surface area (Å²) >= 11 is 0. The molecule has 0 aliphatic carbocycles. The van der Waals surface area contributed by atoms with E-state index in [9.17, 15) is 0 Å². The van der Waals surface area contributed by atoms with Gasteiger partial charge in [-0.3, -0.25) is 9.98 Å². The summed E-state index contributed by atoms with van der Waals surface area (Å²) < 4.78 is 0. The zero-order valence-electron chi connectivity index (χ0n) is 15.2. The van der Waals surface area contributed by atoms with Crippen molar-refractivity contribution in [3.05, 3.63) is 66.0 Å². The Bertz CT molecular complexity index is 596. The molecule has 0 spiro atoms. The molecule has 0 saturated carbocycles. The van der Waals surface area contributed by atoms with Crippen LogP contribution in [0.1, 0.15) is 37.4 Å². The van der Waals surface area contributed by atoms with E-state index in [4.69, 9.17) is 0 Å². The summed E-state index contributed by atoms with van der Waals surface area (Å²) in [5, 5.41) is 6.69. The number of hydrogen-bond acceptors (Lipinski definition) is 2. The number of pyridine rings is 1. The van der Waals surface area contributed by atoms with Gasteiger partial charge in [0.1, 0.15) is 0 Å². The van der Waals surface area contributed by atoms with Crippen molar-refractivity contribution in [1.29, 1.82) is 0 Å². The maximum absolute atomic E-state index is 4.66. The third kappa shape index (κ3) is 8.34. The summed E-state index contributed by atoms with van der Waals surface area (Å²) in [5.41, 5.74) is 2.53. The average molecular weight is 338 g/mol. The number of guanidine groups is 1. The predicted molar refractivity (Wildman–Crippen MR) is 106 cm³/mol. The predicted octanol–water partition coefficient (Wildman–Crippen LogP) is 3.59. The van der Waals surface area contributed by atoms with Crippen LogP contribution in [0.15, 0.2) is 59.7 Å². The number of nitrogens with zero attached hydrogens (tertiary/aromatic N) is 2. The van der Waals surface area contributed by atoms with Crippen molar-refractivity contribution in [1.82, 2.24) is 15.6 Å². The van der Waals surface area contributed by atoms with Gasteiger partial charge in [-0.05, 0) is 43.9 Å². The molecule has 2 aromatic rings. The molecule has 0 fully saturated rings. The molecular formula is C21H30N4. The van der Waals surface area contributed by atoms with E-state index in [-0.39, 0.29) is 0 Å². The highest BCUT2D eigenvalue weighted by Gasteiger charge is 1.98. The Morgan fingerprint density at radius 1 is 0.920 bits per heavy atom. The van der Waals surface area contributed by atoms with Crippen LogP contribution in [0.25, 0.3) is 0 Å². The molecule has 4 nitrogen and oxygen atoms in total. The van der Waals surface area contributed by atoms with E-state index in [1.54, 1.807) is 0 Å². The summed E-state index contributed by atoms with van der Waals surface area (Å²) in [6, 6.07) is 16.7. The molecule has 0 unspecified atom stereocenters. The fourth-order valence-corrected chi connectivity index (χ4v) is 2.65. The SMILES string of the molecule is CCNC(=NCCCCCc1ccccc1)NCCc1ccccn1. The van der Waals surface area contributed by atoms with E-state index in [2.05, 4.69) is 63.9 Å². The van der Waals surface area contributed by atoms with Gasteiger partial charge in [0.2, 0.25) is 0 Å². The highest BCUT2D eigenvalue weighted by Crippen LogP contribution is 2.06. The smallest absolute Gasteiger partial charge is 0.191 e. The Morgan fingerprint density at radius 3 is 2.52 bits per heavy atom. The van der Waals surface area contributed by atoms with Crippen molar-refractivity contribution in [2.24, 2.45) is 4.99 Å². The Morgan fingerprint density at radius 2 is 1.76 bits per heavy atom. The highest BCUT2D eigenvalue weighted by molar-refractivity contribution is 5.79. The van der Waals surface area contributed by atoms with Crippen LogP contribution in [0.5, 0.6) is 0 Å². The van der Waals surface area contributed by atoms with Crippen LogP contribution in [0, 0.1) is 0 Å². The maximum Gasteiger partial charge on any atom is 0.191 e. The number of hydrogen-bond donors (Lipinski definition) is 2. The van der Waals surface area contributed by atoms with Crippen LogP contribution >= 0.6 is 0 Å². The number of rotatable bonds is 10. The van der Waals surface area contributed by atoms with Crippen LogP contribution in [-0.2, 0) is 12.8 Å². The van der Waals surface area contributed by atoms with Crippen LogP contribution in [0.3, 0.4) is 0 Å². The summed E-state index contributed by atoms with van der Waals surface area (Å²) in [6.07, 6.45) is 7.47. The Balaban J connectivity index is 1.61. The van der Waals surface area contributed by atoms with Crippen LogP contribution in [0.2, 0.25) is 0 Å². The fraction of sp³-hybridized carbons (Fsp3) is 0.429. The van der Waals surface area contributed by atoms with Gasteiger partial charge in [-0.25, -0.2) is 0 Å². The lowest BCUT2D eigenvalue weighted by atomic mass is 10.1. The van der Waals surface area contributed by atoms with Crippen LogP contribution in [-0.4, -0.2) is 30.6 Å². The van der Waals surface area contributed by atoms with Crippen molar-refractivity contribution in [3.8, 4) is 0 Å². The van der Waals surface area contributed by atoms with E-state index in [1.165, 1.54) is 18.4 Å². The Hall–Kier alpha value is -2.36. The molecular weight excluding hydrogens is 308 g/mol. The molecule has 0 aliphatic heterocycles. The van der Waals surface area contributed by atoms with Crippen LogP contribution < -0.4 is 10.6 Å². The maximum atomic E-state index is 4.66. The third-order valence-corrected chi connectivity index (χ3v) is 3.98. The number of aromatic nitrogens is 1. The van der Waals surface area contributed by atoms with Crippen molar-refractivity contribution >= 4 is 5.96 Å². The summed E-state index contributed by atoms with van der Waals surface area (Å²) in [7, 11) is 0. The molecule has 1 aromatic heterocycles. The minimum atomic E-state index is 0.844. The summed E-state index contributed by atoms with van der Waals surface area (Å²) in [4.78, 5) is 9.01. The lowest BCUT2D eigenvalue weighted by Gasteiger charge is -2.11. The highest BCUT2D eigenvalue weighted by atomic mass is 15.2. The zero-order chi connectivity index (χ0) is 17.6. The van der Waals surface area contributed by atoms with Crippen LogP contribution in [0.4, 0.5) is 0 Å². The molecule has 25 heavy (non-hydrogen) atoms. The first-order valence-corrected chi connectivity index (χ1v) is 9.34. The molecule has 0 bridgehead atoms. The second-order valence-electron chi connectivity index (χ2n) is 6.05. The lowest BCUT2D eigenvalue weighted by Crippen LogP contribution is -2.38. The second kappa shape index (κ2) is 12.1. The first-order chi connectivity index (χ1) is 12.4. The molecule has 2 rings (SSSR count). The lowest BCUT2D eigenvalue weighted by molar-refractivity contribution is 0.681. The monoisotopic (exact) mass is 338 g/mol. The fourth-order valence-electron chi connectivity index (χ4n) is 2.65. The van der Waals surface area contributed by atoms with Crippen molar-refractivity contribution in [2.75, 3.05) is 19.6 Å².